The minimum atomic E-state index is -1.06. The fourth-order valence-corrected chi connectivity index (χ4v) is 2.24. The number of carbonyl (C=O) groups is 1. The SMILES string of the molecule is Cc1cccc(C(O)C(=O)Cc2ccc(N(C)C)cc2)c1. The molecule has 2 rings (SSSR count). The van der Waals surface area contributed by atoms with Gasteiger partial charge in [0, 0.05) is 26.2 Å². The number of aryl methyl sites for hydroxylation is 1. The highest BCUT2D eigenvalue weighted by molar-refractivity contribution is 5.86. The van der Waals surface area contributed by atoms with E-state index in [1.807, 2.05) is 68.4 Å². The van der Waals surface area contributed by atoms with Crippen LogP contribution in [0.15, 0.2) is 48.5 Å². The molecule has 1 unspecified atom stereocenters. The van der Waals surface area contributed by atoms with Crippen LogP contribution >= 0.6 is 0 Å². The second-order valence-electron chi connectivity index (χ2n) is 5.52. The van der Waals surface area contributed by atoms with Gasteiger partial charge in [-0.3, -0.25) is 4.79 Å². The molecule has 0 saturated heterocycles. The lowest BCUT2D eigenvalue weighted by Crippen LogP contribution is -2.15. The maximum absolute atomic E-state index is 12.2. The van der Waals surface area contributed by atoms with Crippen LogP contribution in [0.5, 0.6) is 0 Å². The summed E-state index contributed by atoms with van der Waals surface area (Å²) >= 11 is 0. The third-order valence-corrected chi connectivity index (χ3v) is 3.49. The number of ketones is 1. The molecule has 0 aromatic heterocycles. The van der Waals surface area contributed by atoms with Gasteiger partial charge in [0.15, 0.2) is 5.78 Å². The summed E-state index contributed by atoms with van der Waals surface area (Å²) in [6.07, 6.45) is -0.818. The molecule has 110 valence electrons. The van der Waals surface area contributed by atoms with E-state index in [4.69, 9.17) is 0 Å². The van der Waals surface area contributed by atoms with Crippen molar-refractivity contribution in [2.45, 2.75) is 19.4 Å². The van der Waals surface area contributed by atoms with Gasteiger partial charge in [0.2, 0.25) is 0 Å². The van der Waals surface area contributed by atoms with Crippen LogP contribution in [0.25, 0.3) is 0 Å². The fraction of sp³-hybridized carbons (Fsp3) is 0.278. The van der Waals surface area contributed by atoms with Crippen LogP contribution < -0.4 is 4.90 Å². The highest BCUT2D eigenvalue weighted by atomic mass is 16.3. The number of aliphatic hydroxyl groups excluding tert-OH is 1. The zero-order valence-electron chi connectivity index (χ0n) is 12.7. The van der Waals surface area contributed by atoms with Gasteiger partial charge in [0.05, 0.1) is 0 Å². The predicted molar refractivity (Wildman–Crippen MR) is 85.6 cm³/mol. The molecule has 0 heterocycles. The summed E-state index contributed by atoms with van der Waals surface area (Å²) in [6.45, 7) is 1.95. The number of nitrogens with zero attached hydrogens (tertiary/aromatic N) is 1. The molecule has 0 radical (unpaired) electrons. The van der Waals surface area contributed by atoms with E-state index in [2.05, 4.69) is 0 Å². The van der Waals surface area contributed by atoms with Crippen LogP contribution in [0, 0.1) is 6.92 Å². The highest BCUT2D eigenvalue weighted by Gasteiger charge is 2.17. The molecule has 1 atom stereocenters. The zero-order chi connectivity index (χ0) is 15.4. The Labute approximate surface area is 125 Å². The van der Waals surface area contributed by atoms with Gasteiger partial charge in [-0.05, 0) is 30.2 Å². The van der Waals surface area contributed by atoms with Crippen molar-refractivity contribution in [2.75, 3.05) is 19.0 Å². The Morgan fingerprint density at radius 2 is 1.81 bits per heavy atom. The summed E-state index contributed by atoms with van der Waals surface area (Å²) in [7, 11) is 3.95. The number of anilines is 1. The lowest BCUT2D eigenvalue weighted by molar-refractivity contribution is -0.126. The Balaban J connectivity index is 2.07. The van der Waals surface area contributed by atoms with Gasteiger partial charge in [0.25, 0.3) is 0 Å². The van der Waals surface area contributed by atoms with E-state index in [1.165, 1.54) is 0 Å². The van der Waals surface area contributed by atoms with Crippen LogP contribution in [-0.2, 0) is 11.2 Å². The maximum atomic E-state index is 12.2. The van der Waals surface area contributed by atoms with Gasteiger partial charge in [-0.15, -0.1) is 0 Å². The molecule has 3 nitrogen and oxygen atoms in total. The van der Waals surface area contributed by atoms with Crippen LogP contribution in [0.3, 0.4) is 0 Å². The highest BCUT2D eigenvalue weighted by Crippen LogP contribution is 2.19. The molecule has 2 aromatic carbocycles. The molecule has 2 aromatic rings. The van der Waals surface area contributed by atoms with Crippen molar-refractivity contribution in [3.8, 4) is 0 Å². The standard InChI is InChI=1S/C18H21NO2/c1-13-5-4-6-15(11-13)18(21)17(20)12-14-7-9-16(10-8-14)19(2)3/h4-11,18,21H,12H2,1-3H3. The number of hydrogen-bond acceptors (Lipinski definition) is 3. The molecule has 0 spiro atoms. The Morgan fingerprint density at radius 1 is 1.14 bits per heavy atom. The van der Waals surface area contributed by atoms with Crippen molar-refractivity contribution >= 4 is 11.5 Å². The average molecular weight is 283 g/mol. The number of rotatable bonds is 5. The van der Waals surface area contributed by atoms with Gasteiger partial charge in [-0.1, -0.05) is 42.0 Å². The number of aliphatic hydroxyl groups is 1. The van der Waals surface area contributed by atoms with Crippen LogP contribution in [0.4, 0.5) is 5.69 Å². The van der Waals surface area contributed by atoms with E-state index in [0.717, 1.165) is 16.8 Å². The molecule has 0 saturated carbocycles. The first-order valence-electron chi connectivity index (χ1n) is 7.01. The van der Waals surface area contributed by atoms with Crippen molar-refractivity contribution in [2.24, 2.45) is 0 Å². The van der Waals surface area contributed by atoms with Crippen LogP contribution in [0.1, 0.15) is 22.8 Å². The quantitative estimate of drug-likeness (QED) is 0.917. The molecule has 0 amide bonds. The zero-order valence-corrected chi connectivity index (χ0v) is 12.7. The Kier molecular flexibility index (Phi) is 4.76. The number of hydrogen-bond donors (Lipinski definition) is 1. The first-order chi connectivity index (χ1) is 9.97. The first kappa shape index (κ1) is 15.3. The molecule has 21 heavy (non-hydrogen) atoms. The maximum Gasteiger partial charge on any atom is 0.170 e. The molecule has 3 heteroatoms. The van der Waals surface area contributed by atoms with E-state index in [0.29, 0.717) is 5.56 Å². The first-order valence-corrected chi connectivity index (χ1v) is 7.01. The summed E-state index contributed by atoms with van der Waals surface area (Å²) in [5.74, 6) is -0.182. The van der Waals surface area contributed by atoms with Crippen molar-refractivity contribution in [1.82, 2.24) is 0 Å². The summed E-state index contributed by atoms with van der Waals surface area (Å²) in [6, 6.07) is 15.2. The van der Waals surface area contributed by atoms with Gasteiger partial charge in [0.1, 0.15) is 6.10 Å². The lowest BCUT2D eigenvalue weighted by Gasteiger charge is -2.13. The minimum Gasteiger partial charge on any atom is -0.381 e. The van der Waals surface area contributed by atoms with E-state index < -0.39 is 6.10 Å². The van der Waals surface area contributed by atoms with Crippen molar-refractivity contribution in [3.63, 3.8) is 0 Å². The van der Waals surface area contributed by atoms with Gasteiger partial charge in [-0.25, -0.2) is 0 Å². The summed E-state index contributed by atoms with van der Waals surface area (Å²) in [4.78, 5) is 14.2. The summed E-state index contributed by atoms with van der Waals surface area (Å²) < 4.78 is 0. The Hall–Kier alpha value is -2.13. The van der Waals surface area contributed by atoms with Crippen molar-refractivity contribution < 1.29 is 9.90 Å². The second kappa shape index (κ2) is 6.55. The second-order valence-corrected chi connectivity index (χ2v) is 5.52. The molecular formula is C18H21NO2. The number of Topliss-reactive ketones (excluding diaryl/α,β-unsaturated/α-hetero) is 1. The molecular weight excluding hydrogens is 262 g/mol. The average Bonchev–Trinajstić information content (AvgIpc) is 2.47. The topological polar surface area (TPSA) is 40.5 Å². The van der Waals surface area contributed by atoms with Gasteiger partial charge >= 0.3 is 0 Å². The molecule has 0 fully saturated rings. The monoisotopic (exact) mass is 283 g/mol. The molecule has 0 bridgehead atoms. The summed E-state index contributed by atoms with van der Waals surface area (Å²) in [5.41, 5.74) is 3.70. The third kappa shape index (κ3) is 3.92. The summed E-state index contributed by atoms with van der Waals surface area (Å²) in [5, 5.41) is 10.2. The lowest BCUT2D eigenvalue weighted by atomic mass is 9.99. The van der Waals surface area contributed by atoms with E-state index in [-0.39, 0.29) is 12.2 Å². The fourth-order valence-electron chi connectivity index (χ4n) is 2.24. The van der Waals surface area contributed by atoms with E-state index in [9.17, 15) is 9.90 Å². The molecule has 0 aliphatic carbocycles. The normalized spacial score (nSPS) is 12.0. The van der Waals surface area contributed by atoms with Gasteiger partial charge < -0.3 is 10.0 Å². The largest absolute Gasteiger partial charge is 0.381 e. The third-order valence-electron chi connectivity index (χ3n) is 3.49. The minimum absolute atomic E-state index is 0.182. The van der Waals surface area contributed by atoms with Crippen LogP contribution in [-0.4, -0.2) is 25.0 Å². The predicted octanol–water partition coefficient (Wildman–Crippen LogP) is 2.91. The van der Waals surface area contributed by atoms with Crippen molar-refractivity contribution in [3.05, 3.63) is 65.2 Å². The van der Waals surface area contributed by atoms with Gasteiger partial charge in [-0.2, -0.15) is 0 Å². The molecule has 0 aliphatic rings. The van der Waals surface area contributed by atoms with Crippen molar-refractivity contribution in [1.29, 1.82) is 0 Å². The van der Waals surface area contributed by atoms with Crippen LogP contribution in [0.2, 0.25) is 0 Å². The number of benzene rings is 2. The Bertz CT molecular complexity index is 617. The smallest absolute Gasteiger partial charge is 0.170 e. The Morgan fingerprint density at radius 3 is 2.38 bits per heavy atom. The van der Waals surface area contributed by atoms with E-state index in [1.54, 1.807) is 6.07 Å². The van der Waals surface area contributed by atoms with E-state index >= 15 is 0 Å². The molecule has 0 aliphatic heterocycles. The molecule has 1 N–H and O–H groups in total. The number of carbonyl (C=O) groups excluding carboxylic acids is 1.